The Labute approximate surface area is 411 Å². The third kappa shape index (κ3) is 7.31. The van der Waals surface area contributed by atoms with Crippen molar-refractivity contribution in [1.82, 2.24) is 14.1 Å². The molecule has 3 aromatic heterocycles. The lowest BCUT2D eigenvalue weighted by molar-refractivity contribution is -0.571. The summed E-state index contributed by atoms with van der Waals surface area (Å²) in [5.74, 6) is 0.689. The molecule has 0 aliphatic carbocycles. The quantitative estimate of drug-likeness (QED) is 0.101. The van der Waals surface area contributed by atoms with E-state index in [1.54, 1.807) is 27.3 Å². The molecule has 12 aromatic rings. The van der Waals surface area contributed by atoms with Crippen LogP contribution >= 0.6 is 0 Å². The van der Waals surface area contributed by atoms with Gasteiger partial charge < -0.3 is 4.74 Å². The molecule has 0 fully saturated rings. The third-order valence-electron chi connectivity index (χ3n) is 12.3. The van der Waals surface area contributed by atoms with Crippen LogP contribution in [0, 0.1) is 6.33 Å². The third-order valence-corrected chi connectivity index (χ3v) is 12.3. The highest BCUT2D eigenvalue weighted by Gasteiger charge is 2.21. The predicted octanol–water partition coefficient (Wildman–Crippen LogP) is 15.8. The van der Waals surface area contributed by atoms with Crippen LogP contribution < -0.4 is 9.30 Å². The predicted molar refractivity (Wildman–Crippen MR) is 278 cm³/mol. The van der Waals surface area contributed by atoms with E-state index < -0.39 is 66.3 Å². The minimum Gasteiger partial charge on any atom is -0.458 e. The van der Waals surface area contributed by atoms with Gasteiger partial charge in [0.05, 0.1) is 47.1 Å². The van der Waals surface area contributed by atoms with Gasteiger partial charge in [-0.15, -0.1) is 0 Å². The molecule has 0 unspecified atom stereocenters. The van der Waals surface area contributed by atoms with Crippen LogP contribution in [-0.4, -0.2) is 14.1 Å². The lowest BCUT2D eigenvalue weighted by atomic mass is 9.94. The summed E-state index contributed by atoms with van der Waals surface area (Å²) in [5.41, 5.74) is 8.53. The Bertz CT molecular complexity index is 4310. The Kier molecular flexibility index (Phi) is 7.70. The molecule has 0 amide bonds. The Morgan fingerprint density at radius 1 is 0.529 bits per heavy atom. The molecule has 0 saturated heterocycles. The Morgan fingerprint density at radius 2 is 1.19 bits per heavy atom. The average Bonchev–Trinajstić information content (AvgIpc) is 4.18. The maximum Gasteiger partial charge on any atom is 0.269 e. The van der Waals surface area contributed by atoms with E-state index in [4.69, 9.17) is 23.4 Å². The first-order chi connectivity index (χ1) is 38.0. The van der Waals surface area contributed by atoms with Crippen LogP contribution in [0.4, 0.5) is 0 Å². The number of para-hydroxylation sites is 3. The van der Waals surface area contributed by atoms with E-state index in [0.29, 0.717) is 34.0 Å². The fourth-order valence-corrected chi connectivity index (χ4v) is 9.15. The molecule has 0 aliphatic rings. The zero-order valence-electron chi connectivity index (χ0n) is 47.9. The van der Waals surface area contributed by atoms with Gasteiger partial charge in [0.25, 0.3) is 6.33 Å². The Morgan fingerprint density at radius 3 is 1.91 bits per heavy atom. The maximum atomic E-state index is 9.30. The molecule has 0 saturated carbocycles. The number of imidazole rings is 1. The molecule has 9 aromatic carbocycles. The minimum atomic E-state index is -0.969. The molecule has 0 atom stereocenters. The molecule has 0 radical (unpaired) electrons. The average molecular weight is 886 g/mol. The molecule has 12 rings (SSSR count). The first-order valence-corrected chi connectivity index (χ1v) is 22.2. The maximum absolute atomic E-state index is 9.30. The SMILES string of the molecule is [2H]c1c([2H])c([2H])c(-c2cccc(-c3c([2H])c([2H])c([2H])c([2H])c3[2H])c2-[n+]2[c-]n(-c3cccc(Oc4ccc5c6cc(-c7ccccc7)ccc6n(-c6cc(C([2H])(C)C)c(-c7ccccc7)cn6)c5c4)c3)c3ccccc32)c([2H])c1[2H]. The number of rotatable bonds is 10. The van der Waals surface area contributed by atoms with Crippen LogP contribution in [0.15, 0.2) is 236 Å². The van der Waals surface area contributed by atoms with Gasteiger partial charge >= 0.3 is 0 Å². The zero-order chi connectivity index (χ0) is 55.2. The molecule has 68 heavy (non-hydrogen) atoms. The van der Waals surface area contributed by atoms with Gasteiger partial charge in [-0.2, -0.15) is 0 Å². The highest BCUT2D eigenvalue weighted by atomic mass is 16.5. The van der Waals surface area contributed by atoms with Crippen molar-refractivity contribution in [2.45, 2.75) is 19.7 Å². The second-order valence-corrected chi connectivity index (χ2v) is 16.6. The number of fused-ring (bicyclic) bond motifs is 4. The van der Waals surface area contributed by atoms with Gasteiger partial charge in [-0.05, 0) is 98.9 Å². The normalized spacial score (nSPS) is 13.9. The summed E-state index contributed by atoms with van der Waals surface area (Å²) < 4.78 is 109. The molecule has 5 nitrogen and oxygen atoms in total. The number of nitrogens with zero attached hydrogens (tertiary/aromatic N) is 4. The van der Waals surface area contributed by atoms with Crippen molar-refractivity contribution in [3.63, 3.8) is 0 Å². The number of hydrogen-bond acceptors (Lipinski definition) is 2. The lowest BCUT2D eigenvalue weighted by Crippen LogP contribution is -2.31. The number of benzene rings is 9. The van der Waals surface area contributed by atoms with Crippen molar-refractivity contribution in [2.24, 2.45) is 0 Å². The van der Waals surface area contributed by atoms with E-state index in [1.165, 1.54) is 0 Å². The second-order valence-electron chi connectivity index (χ2n) is 16.6. The Hall–Kier alpha value is -8.80. The van der Waals surface area contributed by atoms with Gasteiger partial charge in [0.15, 0.2) is 0 Å². The van der Waals surface area contributed by atoms with E-state index >= 15 is 0 Å². The minimum absolute atomic E-state index is 0.142. The summed E-state index contributed by atoms with van der Waals surface area (Å²) in [6.45, 7) is 3.77. The van der Waals surface area contributed by atoms with Gasteiger partial charge in [-0.3, -0.25) is 13.7 Å². The lowest BCUT2D eigenvalue weighted by Gasteiger charge is -2.17. The van der Waals surface area contributed by atoms with Crippen molar-refractivity contribution in [3.8, 4) is 73.2 Å². The second kappa shape index (κ2) is 17.2. The van der Waals surface area contributed by atoms with Crippen LogP contribution in [0.5, 0.6) is 11.5 Å². The van der Waals surface area contributed by atoms with E-state index in [0.717, 1.165) is 49.6 Å². The standard InChI is InChI=1S/C63H46N4O/c1-43(2)55-40-62(64-41-57(55)47-25-13-6-14-26-47)67-58-36-33-48(44-19-7-3-8-20-44)37-56(58)54-35-34-51(39-61(54)67)68-50-28-17-27-49(38-50)65-42-66(60-32-16-15-31-59(60)65)63-52(45-21-9-4-10-22-45)29-18-30-53(63)46-23-11-5-12-24-46/h3-41,43H,1-2H3/i4D,5D,9D,10D,11D,12D,21D,22D,23D,24D,43D. The molecule has 324 valence electrons. The summed E-state index contributed by atoms with van der Waals surface area (Å²) in [4.78, 5) is 5.09. The fraction of sp³-hybridized carbons (Fsp3) is 0.0476. The summed E-state index contributed by atoms with van der Waals surface area (Å²) in [6.07, 6.45) is 5.31. The smallest absolute Gasteiger partial charge is 0.269 e. The number of aromatic nitrogens is 4. The molecule has 0 N–H and O–H groups in total. The van der Waals surface area contributed by atoms with E-state index in [2.05, 4.69) is 41.2 Å². The summed E-state index contributed by atoms with van der Waals surface area (Å²) in [5, 5.41) is 1.98. The van der Waals surface area contributed by atoms with Gasteiger partial charge in [-0.25, -0.2) is 4.98 Å². The highest BCUT2D eigenvalue weighted by molar-refractivity contribution is 6.10. The summed E-state index contributed by atoms with van der Waals surface area (Å²) in [7, 11) is 0. The van der Waals surface area contributed by atoms with Crippen molar-refractivity contribution in [1.29, 1.82) is 0 Å². The first kappa shape index (κ1) is 30.4. The summed E-state index contributed by atoms with van der Waals surface area (Å²) in [6, 6.07) is 48.8. The molecular formula is C63H46N4O. The van der Waals surface area contributed by atoms with Gasteiger partial charge in [0, 0.05) is 30.0 Å². The first-order valence-electron chi connectivity index (χ1n) is 27.7. The fourth-order valence-electron chi connectivity index (χ4n) is 9.15. The van der Waals surface area contributed by atoms with Crippen LogP contribution in [0.3, 0.4) is 0 Å². The number of ether oxygens (including phenoxy) is 1. The van der Waals surface area contributed by atoms with Gasteiger partial charge in [0.1, 0.15) is 17.3 Å². The number of hydrogen-bond donors (Lipinski definition) is 0. The van der Waals surface area contributed by atoms with Crippen LogP contribution in [0.1, 0.15) is 40.4 Å². The van der Waals surface area contributed by atoms with Crippen LogP contribution in [-0.2, 0) is 0 Å². The van der Waals surface area contributed by atoms with Crippen molar-refractivity contribution in [2.75, 3.05) is 0 Å². The molecule has 3 heterocycles. The molecule has 0 aliphatic heterocycles. The van der Waals surface area contributed by atoms with Gasteiger partial charge in [-0.1, -0.05) is 190 Å². The number of pyridine rings is 1. The zero-order valence-corrected chi connectivity index (χ0v) is 36.9. The summed E-state index contributed by atoms with van der Waals surface area (Å²) >= 11 is 0. The largest absolute Gasteiger partial charge is 0.458 e. The van der Waals surface area contributed by atoms with E-state index in [-0.39, 0.29) is 27.9 Å². The molecular weight excluding hydrogens is 829 g/mol. The van der Waals surface area contributed by atoms with E-state index in [1.807, 2.05) is 141 Å². The van der Waals surface area contributed by atoms with E-state index in [9.17, 15) is 1.37 Å². The molecule has 0 bridgehead atoms. The van der Waals surface area contributed by atoms with Gasteiger partial charge in [0.2, 0.25) is 0 Å². The Balaban J connectivity index is 1.02. The molecule has 5 heteroatoms. The molecule has 0 spiro atoms. The monoisotopic (exact) mass is 885 g/mol. The van der Waals surface area contributed by atoms with Crippen molar-refractivity contribution in [3.05, 3.63) is 248 Å². The van der Waals surface area contributed by atoms with Crippen LogP contribution in [0.25, 0.3) is 94.5 Å². The topological polar surface area (TPSA) is 35.9 Å². The highest BCUT2D eigenvalue weighted by Crippen LogP contribution is 2.40. The van der Waals surface area contributed by atoms with Crippen molar-refractivity contribution < 1.29 is 24.4 Å². The van der Waals surface area contributed by atoms with Crippen LogP contribution in [0.2, 0.25) is 0 Å². The van der Waals surface area contributed by atoms with Crippen molar-refractivity contribution >= 4 is 32.8 Å².